The first kappa shape index (κ1) is 15.0. The summed E-state index contributed by atoms with van der Waals surface area (Å²) >= 11 is 0. The van der Waals surface area contributed by atoms with Crippen molar-refractivity contribution < 1.29 is 19.8 Å². The van der Waals surface area contributed by atoms with E-state index in [-0.39, 0.29) is 12.4 Å². The lowest BCUT2D eigenvalue weighted by Gasteiger charge is -2.14. The van der Waals surface area contributed by atoms with Crippen molar-refractivity contribution in [3.63, 3.8) is 0 Å². The third kappa shape index (κ3) is 4.26. The number of carbonyl (C=O) groups is 2. The molecular formula is C13H18N2O4. The molecule has 19 heavy (non-hydrogen) atoms. The number of hydrogen-bond donors (Lipinski definition) is 4. The molecule has 104 valence electrons. The highest BCUT2D eigenvalue weighted by Crippen LogP contribution is 2.19. The monoisotopic (exact) mass is 266 g/mol. The van der Waals surface area contributed by atoms with E-state index in [0.29, 0.717) is 17.7 Å². The molecule has 0 spiro atoms. The Morgan fingerprint density at radius 1 is 1.32 bits per heavy atom. The summed E-state index contributed by atoms with van der Waals surface area (Å²) in [6.07, 6.45) is 0.535. The topological polar surface area (TPSA) is 98.7 Å². The molecule has 1 unspecified atom stereocenters. The van der Waals surface area contributed by atoms with E-state index < -0.39 is 17.9 Å². The van der Waals surface area contributed by atoms with Gasteiger partial charge < -0.3 is 20.8 Å². The molecule has 1 rings (SSSR count). The quantitative estimate of drug-likeness (QED) is 0.472. The molecule has 1 atom stereocenters. The second kappa shape index (κ2) is 6.75. The zero-order chi connectivity index (χ0) is 14.4. The van der Waals surface area contributed by atoms with Gasteiger partial charge in [-0.05, 0) is 37.1 Å². The van der Waals surface area contributed by atoms with Gasteiger partial charge in [-0.25, -0.2) is 0 Å². The number of phenols is 1. The lowest BCUT2D eigenvalue weighted by molar-refractivity contribution is -0.136. The van der Waals surface area contributed by atoms with Crippen LogP contribution < -0.4 is 10.6 Å². The number of aliphatic hydroxyl groups is 1. The number of anilines is 1. The van der Waals surface area contributed by atoms with Crippen LogP contribution in [0.4, 0.5) is 5.69 Å². The Hall–Kier alpha value is -2.08. The van der Waals surface area contributed by atoms with Gasteiger partial charge in [0.05, 0.1) is 12.6 Å². The van der Waals surface area contributed by atoms with E-state index in [9.17, 15) is 14.7 Å². The lowest BCUT2D eigenvalue weighted by atomic mass is 10.2. The van der Waals surface area contributed by atoms with Crippen molar-refractivity contribution in [3.8, 4) is 5.75 Å². The maximum Gasteiger partial charge on any atom is 0.313 e. The molecule has 2 amide bonds. The van der Waals surface area contributed by atoms with Gasteiger partial charge in [0.15, 0.2) is 0 Å². The Morgan fingerprint density at radius 2 is 2.00 bits per heavy atom. The van der Waals surface area contributed by atoms with Crippen LogP contribution in [-0.2, 0) is 9.59 Å². The minimum atomic E-state index is -0.805. The molecule has 0 aliphatic carbocycles. The summed E-state index contributed by atoms with van der Waals surface area (Å²) in [5.74, 6) is -1.51. The lowest BCUT2D eigenvalue weighted by Crippen LogP contribution is -2.43. The van der Waals surface area contributed by atoms with E-state index in [2.05, 4.69) is 10.6 Å². The van der Waals surface area contributed by atoms with E-state index in [1.54, 1.807) is 13.8 Å². The molecular weight excluding hydrogens is 248 g/mol. The highest BCUT2D eigenvalue weighted by molar-refractivity contribution is 6.39. The van der Waals surface area contributed by atoms with Gasteiger partial charge >= 0.3 is 11.8 Å². The molecule has 4 N–H and O–H groups in total. The third-order valence-corrected chi connectivity index (χ3v) is 2.71. The minimum absolute atomic E-state index is 0.0891. The van der Waals surface area contributed by atoms with Gasteiger partial charge in [0, 0.05) is 5.69 Å². The van der Waals surface area contributed by atoms with Crippen LogP contribution >= 0.6 is 0 Å². The summed E-state index contributed by atoms with van der Waals surface area (Å²) in [6, 6.07) is 3.98. The average molecular weight is 266 g/mol. The highest BCUT2D eigenvalue weighted by atomic mass is 16.3. The summed E-state index contributed by atoms with van der Waals surface area (Å²) in [4.78, 5) is 23.2. The second-order valence-electron chi connectivity index (χ2n) is 4.21. The Kier molecular flexibility index (Phi) is 5.32. The molecule has 0 saturated carbocycles. The van der Waals surface area contributed by atoms with Gasteiger partial charge in [-0.1, -0.05) is 6.92 Å². The van der Waals surface area contributed by atoms with Crippen molar-refractivity contribution in [2.24, 2.45) is 0 Å². The molecule has 1 aromatic rings. The standard InChI is InChI=1S/C13H18N2O4/c1-3-9(7-16)14-12(18)13(19)15-11-5-4-10(17)6-8(11)2/h4-6,9,16-17H,3,7H2,1-2H3,(H,14,18)(H,15,19). The summed E-state index contributed by atoms with van der Waals surface area (Å²) in [5, 5.41) is 23.1. The van der Waals surface area contributed by atoms with Crippen molar-refractivity contribution in [3.05, 3.63) is 23.8 Å². The molecule has 0 radical (unpaired) electrons. The Bertz CT molecular complexity index is 470. The molecule has 0 saturated heterocycles. The van der Waals surface area contributed by atoms with Gasteiger partial charge in [-0.2, -0.15) is 0 Å². The number of hydrogen-bond acceptors (Lipinski definition) is 4. The van der Waals surface area contributed by atoms with Gasteiger partial charge in [0.1, 0.15) is 5.75 Å². The van der Waals surface area contributed by atoms with Crippen LogP contribution in [0.25, 0.3) is 0 Å². The van der Waals surface area contributed by atoms with E-state index in [1.165, 1.54) is 18.2 Å². The molecule has 1 aromatic carbocycles. The largest absolute Gasteiger partial charge is 0.508 e. The van der Waals surface area contributed by atoms with Crippen molar-refractivity contribution in [1.29, 1.82) is 0 Å². The van der Waals surface area contributed by atoms with Crippen molar-refractivity contribution in [1.82, 2.24) is 5.32 Å². The van der Waals surface area contributed by atoms with Crippen molar-refractivity contribution in [2.45, 2.75) is 26.3 Å². The fourth-order valence-electron chi connectivity index (χ4n) is 1.49. The number of rotatable bonds is 4. The van der Waals surface area contributed by atoms with Crippen LogP contribution in [-0.4, -0.2) is 34.7 Å². The van der Waals surface area contributed by atoms with Crippen LogP contribution in [0.15, 0.2) is 18.2 Å². The predicted octanol–water partition coefficient (Wildman–Crippen LogP) is 0.526. The van der Waals surface area contributed by atoms with Gasteiger partial charge in [0.2, 0.25) is 0 Å². The number of aryl methyl sites for hydroxylation is 1. The summed E-state index contributed by atoms with van der Waals surface area (Å²) in [6.45, 7) is 3.28. The highest BCUT2D eigenvalue weighted by Gasteiger charge is 2.17. The summed E-state index contributed by atoms with van der Waals surface area (Å²) < 4.78 is 0. The average Bonchev–Trinajstić information content (AvgIpc) is 2.38. The number of benzene rings is 1. The number of amides is 2. The van der Waals surface area contributed by atoms with Crippen LogP contribution in [0.5, 0.6) is 5.75 Å². The van der Waals surface area contributed by atoms with E-state index in [4.69, 9.17) is 5.11 Å². The van der Waals surface area contributed by atoms with E-state index >= 15 is 0 Å². The smallest absolute Gasteiger partial charge is 0.313 e. The molecule has 6 heteroatoms. The number of aliphatic hydroxyl groups excluding tert-OH is 1. The zero-order valence-corrected chi connectivity index (χ0v) is 10.9. The number of phenolic OH excluding ortho intramolecular Hbond substituents is 1. The number of carbonyl (C=O) groups excluding carboxylic acids is 2. The summed E-state index contributed by atoms with van der Waals surface area (Å²) in [5.41, 5.74) is 1.10. The summed E-state index contributed by atoms with van der Waals surface area (Å²) in [7, 11) is 0. The fraction of sp³-hybridized carbons (Fsp3) is 0.385. The van der Waals surface area contributed by atoms with Crippen LogP contribution in [0.3, 0.4) is 0 Å². The number of aromatic hydroxyl groups is 1. The first-order valence-corrected chi connectivity index (χ1v) is 6.00. The van der Waals surface area contributed by atoms with Gasteiger partial charge in [-0.15, -0.1) is 0 Å². The maximum absolute atomic E-state index is 11.6. The van der Waals surface area contributed by atoms with Crippen LogP contribution in [0, 0.1) is 6.92 Å². The Balaban J connectivity index is 2.66. The fourth-order valence-corrected chi connectivity index (χ4v) is 1.49. The normalized spacial score (nSPS) is 11.7. The maximum atomic E-state index is 11.6. The van der Waals surface area contributed by atoms with E-state index in [1.807, 2.05) is 0 Å². The molecule has 0 heterocycles. The van der Waals surface area contributed by atoms with E-state index in [0.717, 1.165) is 0 Å². The third-order valence-electron chi connectivity index (χ3n) is 2.71. The van der Waals surface area contributed by atoms with Crippen molar-refractivity contribution in [2.75, 3.05) is 11.9 Å². The van der Waals surface area contributed by atoms with Crippen molar-refractivity contribution >= 4 is 17.5 Å². The Morgan fingerprint density at radius 3 is 2.53 bits per heavy atom. The SMILES string of the molecule is CCC(CO)NC(=O)C(=O)Nc1ccc(O)cc1C. The molecule has 0 aliphatic rings. The van der Waals surface area contributed by atoms with Gasteiger partial charge in [-0.3, -0.25) is 9.59 Å². The molecule has 0 aliphatic heterocycles. The van der Waals surface area contributed by atoms with Gasteiger partial charge in [0.25, 0.3) is 0 Å². The van der Waals surface area contributed by atoms with Crippen LogP contribution in [0.2, 0.25) is 0 Å². The second-order valence-corrected chi connectivity index (χ2v) is 4.21. The van der Waals surface area contributed by atoms with Crippen LogP contribution in [0.1, 0.15) is 18.9 Å². The first-order chi connectivity index (χ1) is 8.97. The predicted molar refractivity (Wildman–Crippen MR) is 70.8 cm³/mol. The zero-order valence-electron chi connectivity index (χ0n) is 10.9. The molecule has 0 fully saturated rings. The first-order valence-electron chi connectivity index (χ1n) is 6.00. The molecule has 0 bridgehead atoms. The molecule has 0 aromatic heterocycles. The minimum Gasteiger partial charge on any atom is -0.508 e. The molecule has 6 nitrogen and oxygen atoms in total. The number of nitrogens with one attached hydrogen (secondary N) is 2. The Labute approximate surface area is 111 Å².